The van der Waals surface area contributed by atoms with Crippen LogP contribution in [0.5, 0.6) is 0 Å². The van der Waals surface area contributed by atoms with Gasteiger partial charge in [0.05, 0.1) is 5.69 Å². The number of imidazole rings is 1. The largest absolute Gasteiger partial charge is 0.328 e. The third-order valence-corrected chi connectivity index (χ3v) is 7.25. The monoisotopic (exact) mass is 491 g/mol. The number of pyridine rings is 1. The van der Waals surface area contributed by atoms with Gasteiger partial charge >= 0.3 is 0 Å². The van der Waals surface area contributed by atoms with Gasteiger partial charge in [0.2, 0.25) is 0 Å². The van der Waals surface area contributed by atoms with Gasteiger partial charge in [0.1, 0.15) is 17.2 Å². The Hall–Kier alpha value is -3.63. The molecule has 0 N–H and O–H groups in total. The summed E-state index contributed by atoms with van der Waals surface area (Å²) >= 11 is 3.90. The van der Waals surface area contributed by atoms with Gasteiger partial charge in [-0.15, -0.1) is 0 Å². The molecule has 0 radical (unpaired) electrons. The molecule has 0 spiro atoms. The van der Waals surface area contributed by atoms with Gasteiger partial charge in [-0.2, -0.15) is 0 Å². The van der Waals surface area contributed by atoms with Crippen LogP contribution in [0.3, 0.4) is 0 Å². The number of hydrogen-bond acceptors (Lipinski definition) is 2. The Morgan fingerprint density at radius 3 is 2.21 bits per heavy atom. The first-order valence-corrected chi connectivity index (χ1v) is 11.8. The number of hydrogen-bond donors (Lipinski definition) is 0. The first-order valence-electron chi connectivity index (χ1n) is 11.0. The lowest BCUT2D eigenvalue weighted by atomic mass is 10.1. The fourth-order valence-corrected chi connectivity index (χ4v) is 5.45. The summed E-state index contributed by atoms with van der Waals surface area (Å²) in [6.45, 7) is 2.15. The zero-order chi connectivity index (χ0) is 22.5. The summed E-state index contributed by atoms with van der Waals surface area (Å²) in [6, 6.07) is 31.9. The maximum atomic E-state index is 5.22. The zero-order valence-electron chi connectivity index (χ0n) is 18.5. The van der Waals surface area contributed by atoms with E-state index in [1.165, 1.54) is 21.7 Å². The lowest BCUT2D eigenvalue weighted by Crippen LogP contribution is -2.13. The summed E-state index contributed by atoms with van der Waals surface area (Å²) in [5, 5.41) is 4.74. The first-order chi connectivity index (χ1) is 16.1. The molecule has 0 unspecified atom stereocenters. The van der Waals surface area contributed by atoms with Crippen LogP contribution in [0.1, 0.15) is 5.56 Å². The normalized spacial score (nSPS) is 11.5. The standard InChI is InChI=1S/C29H22BrN3/c1-19-9-3-6-12-22(19)27-29(33-18-17-21-11-5-8-14-24(21)28(33)31-27)32(2)25-16-15-20-10-4-7-13-23(20)26(25)30/h3-18H,1-2H3. The third kappa shape index (κ3) is 3.13. The molecule has 0 atom stereocenters. The molecular formula is C29H22BrN3. The number of aromatic nitrogens is 2. The summed E-state index contributed by atoms with van der Waals surface area (Å²) < 4.78 is 3.29. The fraction of sp³-hybridized carbons (Fsp3) is 0.0690. The Kier molecular flexibility index (Phi) is 4.70. The number of rotatable bonds is 3. The van der Waals surface area contributed by atoms with Crippen molar-refractivity contribution in [1.29, 1.82) is 0 Å². The van der Waals surface area contributed by atoms with E-state index < -0.39 is 0 Å². The number of anilines is 2. The van der Waals surface area contributed by atoms with E-state index in [9.17, 15) is 0 Å². The molecule has 0 bridgehead atoms. The molecule has 4 heteroatoms. The second-order valence-electron chi connectivity index (χ2n) is 8.37. The van der Waals surface area contributed by atoms with Crippen LogP contribution < -0.4 is 4.90 Å². The van der Waals surface area contributed by atoms with Crippen LogP contribution in [-0.2, 0) is 0 Å². The van der Waals surface area contributed by atoms with Gasteiger partial charge in [-0.25, -0.2) is 4.98 Å². The summed E-state index contributed by atoms with van der Waals surface area (Å²) in [6.07, 6.45) is 2.13. The Morgan fingerprint density at radius 2 is 1.42 bits per heavy atom. The maximum Gasteiger partial charge on any atom is 0.147 e. The van der Waals surface area contributed by atoms with Crippen molar-refractivity contribution in [2.45, 2.75) is 6.92 Å². The van der Waals surface area contributed by atoms with Crippen molar-refractivity contribution in [3.63, 3.8) is 0 Å². The topological polar surface area (TPSA) is 20.5 Å². The van der Waals surface area contributed by atoms with Gasteiger partial charge < -0.3 is 4.90 Å². The lowest BCUT2D eigenvalue weighted by Gasteiger charge is -2.23. The Bertz CT molecular complexity index is 1670. The first kappa shape index (κ1) is 20.0. The Labute approximate surface area is 201 Å². The van der Waals surface area contributed by atoms with E-state index in [2.05, 4.69) is 136 Å². The molecule has 0 aliphatic carbocycles. The number of fused-ring (bicyclic) bond motifs is 4. The van der Waals surface area contributed by atoms with E-state index in [0.717, 1.165) is 38.3 Å². The molecule has 33 heavy (non-hydrogen) atoms. The second-order valence-corrected chi connectivity index (χ2v) is 9.17. The quantitative estimate of drug-likeness (QED) is 0.249. The number of aryl methyl sites for hydroxylation is 1. The smallest absolute Gasteiger partial charge is 0.147 e. The SMILES string of the molecule is Cc1ccccc1-c1nc2c3ccccc3ccn2c1N(C)c1ccc2ccccc2c1Br. The van der Waals surface area contributed by atoms with Crippen LogP contribution in [0.15, 0.2) is 102 Å². The van der Waals surface area contributed by atoms with Crippen molar-refractivity contribution < 1.29 is 0 Å². The highest BCUT2D eigenvalue weighted by Crippen LogP contribution is 2.41. The molecule has 6 rings (SSSR count). The van der Waals surface area contributed by atoms with Crippen molar-refractivity contribution in [2.75, 3.05) is 11.9 Å². The lowest BCUT2D eigenvalue weighted by molar-refractivity contribution is 1.09. The van der Waals surface area contributed by atoms with Crippen LogP contribution in [0.4, 0.5) is 11.5 Å². The molecule has 0 aliphatic heterocycles. The minimum atomic E-state index is 0.963. The van der Waals surface area contributed by atoms with E-state index in [0.29, 0.717) is 0 Å². The molecule has 160 valence electrons. The Balaban J connectivity index is 1.68. The van der Waals surface area contributed by atoms with Crippen molar-refractivity contribution in [2.24, 2.45) is 0 Å². The van der Waals surface area contributed by atoms with Crippen molar-refractivity contribution >= 4 is 54.6 Å². The fourth-order valence-electron chi connectivity index (χ4n) is 4.69. The average Bonchev–Trinajstić information content (AvgIpc) is 3.24. The number of nitrogens with zero attached hydrogens (tertiary/aromatic N) is 3. The van der Waals surface area contributed by atoms with E-state index in [4.69, 9.17) is 4.98 Å². The van der Waals surface area contributed by atoms with Gasteiger partial charge in [-0.05, 0) is 56.7 Å². The van der Waals surface area contributed by atoms with Gasteiger partial charge in [0, 0.05) is 28.7 Å². The minimum Gasteiger partial charge on any atom is -0.328 e. The molecule has 3 nitrogen and oxygen atoms in total. The molecule has 0 saturated carbocycles. The number of halogens is 1. The van der Waals surface area contributed by atoms with Gasteiger partial charge in [0.25, 0.3) is 0 Å². The zero-order valence-corrected chi connectivity index (χ0v) is 20.0. The molecular weight excluding hydrogens is 470 g/mol. The minimum absolute atomic E-state index is 0.963. The third-order valence-electron chi connectivity index (χ3n) is 6.41. The van der Waals surface area contributed by atoms with Crippen molar-refractivity contribution in [3.8, 4) is 11.3 Å². The highest BCUT2D eigenvalue weighted by molar-refractivity contribution is 9.10. The van der Waals surface area contributed by atoms with Crippen molar-refractivity contribution in [1.82, 2.24) is 9.38 Å². The molecule has 0 fully saturated rings. The molecule has 0 aliphatic rings. The average molecular weight is 492 g/mol. The molecule has 2 heterocycles. The van der Waals surface area contributed by atoms with Crippen LogP contribution in [0.2, 0.25) is 0 Å². The van der Waals surface area contributed by atoms with E-state index in [-0.39, 0.29) is 0 Å². The van der Waals surface area contributed by atoms with Crippen molar-refractivity contribution in [3.05, 3.63) is 107 Å². The molecule has 0 amide bonds. The van der Waals surface area contributed by atoms with Gasteiger partial charge in [0.15, 0.2) is 0 Å². The predicted octanol–water partition coefficient (Wildman–Crippen LogP) is 8.15. The summed E-state index contributed by atoms with van der Waals surface area (Å²) in [7, 11) is 2.12. The van der Waals surface area contributed by atoms with Crippen LogP contribution in [-0.4, -0.2) is 16.4 Å². The molecule has 6 aromatic rings. The molecule has 0 saturated heterocycles. The second kappa shape index (κ2) is 7.75. The van der Waals surface area contributed by atoms with E-state index in [1.807, 2.05) is 0 Å². The van der Waals surface area contributed by atoms with Crippen LogP contribution in [0.25, 0.3) is 38.4 Å². The van der Waals surface area contributed by atoms with Gasteiger partial charge in [-0.1, -0.05) is 78.9 Å². The molecule has 4 aromatic carbocycles. The number of benzene rings is 4. The van der Waals surface area contributed by atoms with E-state index in [1.54, 1.807) is 0 Å². The highest BCUT2D eigenvalue weighted by Gasteiger charge is 2.22. The van der Waals surface area contributed by atoms with Crippen LogP contribution >= 0.6 is 15.9 Å². The summed E-state index contributed by atoms with van der Waals surface area (Å²) in [4.78, 5) is 7.46. The van der Waals surface area contributed by atoms with Crippen LogP contribution in [0, 0.1) is 6.92 Å². The van der Waals surface area contributed by atoms with E-state index >= 15 is 0 Å². The maximum absolute atomic E-state index is 5.22. The summed E-state index contributed by atoms with van der Waals surface area (Å²) in [5.74, 6) is 1.04. The molecule has 2 aromatic heterocycles. The highest BCUT2D eigenvalue weighted by atomic mass is 79.9. The summed E-state index contributed by atoms with van der Waals surface area (Å²) in [5.41, 5.74) is 5.39. The Morgan fingerprint density at radius 1 is 0.758 bits per heavy atom. The predicted molar refractivity (Wildman–Crippen MR) is 143 cm³/mol. The van der Waals surface area contributed by atoms with Gasteiger partial charge in [-0.3, -0.25) is 4.40 Å².